The molecule has 2 heterocycles. The molecule has 3 rings (SSSR count). The molecule has 0 amide bonds. The average molecular weight is 231 g/mol. The van der Waals surface area contributed by atoms with Crippen LogP contribution in [0, 0.1) is 0 Å². The molecule has 3 aromatic rings. The van der Waals surface area contributed by atoms with Gasteiger partial charge in [0.15, 0.2) is 5.39 Å². The van der Waals surface area contributed by atoms with Crippen LogP contribution in [0.1, 0.15) is 6.92 Å². The molecule has 0 aliphatic heterocycles. The Balaban J connectivity index is 2.47. The van der Waals surface area contributed by atoms with Crippen LogP contribution in [-0.4, -0.2) is 11.8 Å². The van der Waals surface area contributed by atoms with Crippen molar-refractivity contribution >= 4 is 21.9 Å². The quantitative estimate of drug-likeness (QED) is 0.633. The summed E-state index contributed by atoms with van der Waals surface area (Å²) in [5.74, 6) is 0.113. The third kappa shape index (κ3) is 1.39. The lowest BCUT2D eigenvalue weighted by Gasteiger charge is -1.97. The van der Waals surface area contributed by atoms with Gasteiger partial charge in [0.05, 0.1) is 6.61 Å². The molecule has 0 saturated heterocycles. The van der Waals surface area contributed by atoms with Gasteiger partial charge in [0.25, 0.3) is 0 Å². The van der Waals surface area contributed by atoms with Gasteiger partial charge in [-0.3, -0.25) is 0 Å². The number of rotatable bonds is 2. The Morgan fingerprint density at radius 3 is 3.00 bits per heavy atom. The minimum absolute atomic E-state index is 0.113. The largest absolute Gasteiger partial charge is 0.463 e. The summed E-state index contributed by atoms with van der Waals surface area (Å²) in [5.41, 5.74) is 0.463. The van der Waals surface area contributed by atoms with Crippen molar-refractivity contribution < 1.29 is 13.7 Å². The smallest absolute Gasteiger partial charge is 0.353 e. The molecule has 0 N–H and O–H groups in total. The number of nitrogens with zero attached hydrogens (tertiary/aromatic N) is 1. The molecule has 0 radical (unpaired) electrons. The molecule has 0 spiro atoms. The van der Waals surface area contributed by atoms with Gasteiger partial charge in [-0.25, -0.2) is 4.79 Å². The van der Waals surface area contributed by atoms with E-state index in [0.717, 1.165) is 5.39 Å². The first kappa shape index (κ1) is 9.89. The molecule has 0 unspecified atom stereocenters. The van der Waals surface area contributed by atoms with Crippen LogP contribution in [-0.2, 0) is 0 Å². The van der Waals surface area contributed by atoms with E-state index >= 15 is 0 Å². The van der Waals surface area contributed by atoms with Crippen molar-refractivity contribution in [1.29, 1.82) is 0 Å². The van der Waals surface area contributed by atoms with E-state index in [1.165, 1.54) is 0 Å². The van der Waals surface area contributed by atoms with Crippen LogP contribution >= 0.6 is 0 Å². The van der Waals surface area contributed by atoms with E-state index in [9.17, 15) is 4.79 Å². The van der Waals surface area contributed by atoms with Crippen molar-refractivity contribution in [3.63, 3.8) is 0 Å². The van der Waals surface area contributed by atoms with Crippen molar-refractivity contribution in [2.75, 3.05) is 6.61 Å². The lowest BCUT2D eigenvalue weighted by molar-refractivity contribution is 0.229. The number of para-hydroxylation sites is 1. The Morgan fingerprint density at radius 1 is 1.35 bits per heavy atom. The molecular weight excluding hydrogens is 222 g/mol. The Hall–Kier alpha value is -2.30. The maximum Gasteiger partial charge on any atom is 0.353 e. The number of benzene rings is 1. The van der Waals surface area contributed by atoms with Gasteiger partial charge in [-0.1, -0.05) is 17.3 Å². The third-order valence-electron chi connectivity index (χ3n) is 2.49. The summed E-state index contributed by atoms with van der Waals surface area (Å²) in [5, 5.41) is 4.85. The molecule has 5 nitrogen and oxygen atoms in total. The SMILES string of the molecule is CCOc1onc2c1c(=O)oc1ccccc12. The molecule has 17 heavy (non-hydrogen) atoms. The van der Waals surface area contributed by atoms with E-state index < -0.39 is 5.63 Å². The van der Waals surface area contributed by atoms with Gasteiger partial charge in [-0.2, -0.15) is 0 Å². The van der Waals surface area contributed by atoms with E-state index in [1.54, 1.807) is 19.1 Å². The highest BCUT2D eigenvalue weighted by Gasteiger charge is 2.17. The first-order valence-electron chi connectivity index (χ1n) is 5.25. The van der Waals surface area contributed by atoms with Crippen LogP contribution in [0.5, 0.6) is 5.95 Å². The Labute approximate surface area is 95.6 Å². The highest BCUT2D eigenvalue weighted by atomic mass is 16.6. The Kier molecular flexibility index (Phi) is 2.11. The summed E-state index contributed by atoms with van der Waals surface area (Å²) < 4.78 is 15.4. The van der Waals surface area contributed by atoms with Gasteiger partial charge in [0.1, 0.15) is 11.1 Å². The van der Waals surface area contributed by atoms with Crippen molar-refractivity contribution in [3.8, 4) is 5.95 Å². The van der Waals surface area contributed by atoms with Crippen molar-refractivity contribution in [2.45, 2.75) is 6.92 Å². The van der Waals surface area contributed by atoms with Crippen molar-refractivity contribution in [1.82, 2.24) is 5.16 Å². The fraction of sp³-hybridized carbons (Fsp3) is 0.167. The summed E-state index contributed by atoms with van der Waals surface area (Å²) in [4.78, 5) is 11.8. The van der Waals surface area contributed by atoms with E-state index in [2.05, 4.69) is 5.16 Å². The van der Waals surface area contributed by atoms with Gasteiger partial charge >= 0.3 is 11.6 Å². The molecular formula is C12H9NO4. The minimum atomic E-state index is -0.497. The predicted octanol–water partition coefficient (Wildman–Crippen LogP) is 2.33. The third-order valence-corrected chi connectivity index (χ3v) is 2.49. The maximum absolute atomic E-state index is 11.8. The van der Waals surface area contributed by atoms with Crippen LogP contribution in [0.2, 0.25) is 0 Å². The Bertz CT molecular complexity index is 741. The second-order valence-electron chi connectivity index (χ2n) is 3.51. The fourth-order valence-corrected chi connectivity index (χ4v) is 1.77. The number of hydrogen-bond acceptors (Lipinski definition) is 5. The molecule has 0 aliphatic carbocycles. The first-order valence-corrected chi connectivity index (χ1v) is 5.25. The van der Waals surface area contributed by atoms with Gasteiger partial charge in [-0.15, -0.1) is 0 Å². The molecule has 0 aliphatic rings. The van der Waals surface area contributed by atoms with E-state index in [-0.39, 0.29) is 11.3 Å². The summed E-state index contributed by atoms with van der Waals surface area (Å²) in [6, 6.07) is 7.17. The molecule has 0 bridgehead atoms. The van der Waals surface area contributed by atoms with Gasteiger partial charge < -0.3 is 13.7 Å². The normalized spacial score (nSPS) is 11.1. The highest BCUT2D eigenvalue weighted by molar-refractivity contribution is 6.02. The number of ether oxygens (including phenoxy) is 1. The predicted molar refractivity (Wildman–Crippen MR) is 61.2 cm³/mol. The molecule has 1 aromatic carbocycles. The van der Waals surface area contributed by atoms with E-state index in [4.69, 9.17) is 13.7 Å². The van der Waals surface area contributed by atoms with Crippen LogP contribution in [0.25, 0.3) is 21.9 Å². The lowest BCUT2D eigenvalue weighted by Crippen LogP contribution is -2.01. The molecule has 2 aromatic heterocycles. The zero-order valence-electron chi connectivity index (χ0n) is 9.10. The van der Waals surface area contributed by atoms with Crippen LogP contribution in [0.15, 0.2) is 38.0 Å². The first-order chi connectivity index (χ1) is 8.31. The number of aromatic nitrogens is 1. The Morgan fingerprint density at radius 2 is 2.18 bits per heavy atom. The zero-order chi connectivity index (χ0) is 11.8. The average Bonchev–Trinajstić information content (AvgIpc) is 2.75. The van der Waals surface area contributed by atoms with E-state index in [1.807, 2.05) is 12.1 Å². The molecule has 5 heteroatoms. The maximum atomic E-state index is 11.8. The van der Waals surface area contributed by atoms with Gasteiger partial charge in [-0.05, 0) is 19.1 Å². The lowest BCUT2D eigenvalue weighted by atomic mass is 10.2. The van der Waals surface area contributed by atoms with E-state index in [0.29, 0.717) is 17.7 Å². The van der Waals surface area contributed by atoms with Crippen LogP contribution in [0.3, 0.4) is 0 Å². The van der Waals surface area contributed by atoms with Gasteiger partial charge in [0.2, 0.25) is 0 Å². The summed E-state index contributed by atoms with van der Waals surface area (Å²) in [7, 11) is 0. The monoisotopic (exact) mass is 231 g/mol. The molecule has 0 saturated carbocycles. The second-order valence-corrected chi connectivity index (χ2v) is 3.51. The molecule has 0 fully saturated rings. The second kappa shape index (κ2) is 3.62. The number of hydrogen-bond donors (Lipinski definition) is 0. The summed E-state index contributed by atoms with van der Waals surface area (Å²) in [6.07, 6.45) is 0. The fourth-order valence-electron chi connectivity index (χ4n) is 1.77. The van der Waals surface area contributed by atoms with Crippen molar-refractivity contribution in [2.24, 2.45) is 0 Å². The zero-order valence-corrected chi connectivity index (χ0v) is 9.10. The molecule has 86 valence electrons. The topological polar surface area (TPSA) is 65.5 Å². The van der Waals surface area contributed by atoms with Crippen LogP contribution in [0.4, 0.5) is 0 Å². The van der Waals surface area contributed by atoms with Gasteiger partial charge in [0, 0.05) is 5.39 Å². The van der Waals surface area contributed by atoms with Crippen molar-refractivity contribution in [3.05, 3.63) is 34.7 Å². The van der Waals surface area contributed by atoms with Crippen LogP contribution < -0.4 is 10.4 Å². The summed E-state index contributed by atoms with van der Waals surface area (Å²) in [6.45, 7) is 2.20. The number of fused-ring (bicyclic) bond motifs is 3. The highest BCUT2D eigenvalue weighted by Crippen LogP contribution is 2.28. The minimum Gasteiger partial charge on any atom is -0.463 e. The standard InChI is InChI=1S/C12H9NO4/c1-2-15-12-9-10(13-17-12)7-5-3-4-6-8(7)16-11(9)14/h3-6H,2H2,1H3. The summed E-state index contributed by atoms with van der Waals surface area (Å²) >= 11 is 0. The molecule has 0 atom stereocenters.